The number of amides is 1. The van der Waals surface area contributed by atoms with Crippen LogP contribution in [0.4, 0.5) is 4.39 Å². The van der Waals surface area contributed by atoms with Gasteiger partial charge < -0.3 is 11.1 Å². The number of hydrogen-bond donors (Lipinski definition) is 3. The van der Waals surface area contributed by atoms with Crippen LogP contribution >= 0.6 is 15.9 Å². The van der Waals surface area contributed by atoms with E-state index >= 15 is 0 Å². The lowest BCUT2D eigenvalue weighted by atomic mass is 10.1. The van der Waals surface area contributed by atoms with Crippen LogP contribution in [-0.4, -0.2) is 27.6 Å². The van der Waals surface area contributed by atoms with E-state index in [0.717, 1.165) is 10.0 Å². The molecule has 0 saturated heterocycles. The van der Waals surface area contributed by atoms with Crippen molar-refractivity contribution in [3.63, 3.8) is 0 Å². The Kier molecular flexibility index (Phi) is 4.35. The van der Waals surface area contributed by atoms with E-state index in [2.05, 4.69) is 36.4 Å². The van der Waals surface area contributed by atoms with Gasteiger partial charge in [0.1, 0.15) is 11.5 Å². The number of H-pyrrole nitrogens is 1. The van der Waals surface area contributed by atoms with Gasteiger partial charge in [-0.3, -0.25) is 9.89 Å². The summed E-state index contributed by atoms with van der Waals surface area (Å²) in [6.07, 6.45) is 1.61. The molecule has 3 aromatic rings. The minimum absolute atomic E-state index is 0.215. The quantitative estimate of drug-likeness (QED) is 0.649. The Morgan fingerprint density at radius 2 is 2.13 bits per heavy atom. The van der Waals surface area contributed by atoms with Gasteiger partial charge in [-0.1, -0.05) is 12.1 Å². The molecule has 0 aliphatic rings. The highest BCUT2D eigenvalue weighted by molar-refractivity contribution is 9.10. The first-order valence-corrected chi connectivity index (χ1v) is 7.63. The van der Waals surface area contributed by atoms with E-state index < -0.39 is 6.04 Å². The molecule has 2 heterocycles. The summed E-state index contributed by atoms with van der Waals surface area (Å²) in [6, 6.07) is 7.20. The summed E-state index contributed by atoms with van der Waals surface area (Å²) in [5.41, 5.74) is 7.52. The molecule has 1 aromatic carbocycles. The van der Waals surface area contributed by atoms with Gasteiger partial charge >= 0.3 is 0 Å². The molecule has 6 nitrogen and oxygen atoms in total. The summed E-state index contributed by atoms with van der Waals surface area (Å²) >= 11 is 3.31. The summed E-state index contributed by atoms with van der Waals surface area (Å²) in [4.78, 5) is 16.4. The highest BCUT2D eigenvalue weighted by Crippen LogP contribution is 2.19. The number of fused-ring (bicyclic) bond motifs is 1. The van der Waals surface area contributed by atoms with Gasteiger partial charge in [-0.05, 0) is 39.7 Å². The first-order valence-electron chi connectivity index (χ1n) is 6.83. The molecule has 1 amide bonds. The van der Waals surface area contributed by atoms with Crippen molar-refractivity contribution in [2.75, 3.05) is 6.54 Å². The number of nitrogens with one attached hydrogen (secondary N) is 2. The van der Waals surface area contributed by atoms with E-state index in [1.54, 1.807) is 24.4 Å². The normalized spacial score (nSPS) is 12.3. The molecule has 0 saturated carbocycles. The van der Waals surface area contributed by atoms with Gasteiger partial charge in [-0.2, -0.15) is 5.10 Å². The Labute approximate surface area is 139 Å². The standard InChI is InChI=1S/C15H13BrFN5O/c16-9-5-11-13(21-22-14(11)19-6-9)15(23)20-7-12(18)8-1-3-10(17)4-2-8/h1-6,12H,7,18H2,(H,20,23)(H,19,21,22). The zero-order chi connectivity index (χ0) is 16.4. The maximum absolute atomic E-state index is 12.9. The van der Waals surface area contributed by atoms with Gasteiger partial charge in [0.05, 0.1) is 5.39 Å². The van der Waals surface area contributed by atoms with Gasteiger partial charge in [0, 0.05) is 23.3 Å². The number of halogens is 2. The van der Waals surface area contributed by atoms with E-state index in [9.17, 15) is 9.18 Å². The number of hydrogen-bond acceptors (Lipinski definition) is 4. The van der Waals surface area contributed by atoms with Crippen molar-refractivity contribution in [3.05, 3.63) is 58.1 Å². The van der Waals surface area contributed by atoms with Crippen molar-refractivity contribution < 1.29 is 9.18 Å². The molecule has 0 bridgehead atoms. The Morgan fingerprint density at radius 3 is 2.87 bits per heavy atom. The van der Waals surface area contributed by atoms with Gasteiger partial charge in [0.15, 0.2) is 5.65 Å². The van der Waals surface area contributed by atoms with Crippen molar-refractivity contribution in [1.29, 1.82) is 0 Å². The summed E-state index contributed by atoms with van der Waals surface area (Å²) in [6.45, 7) is 0.215. The molecule has 118 valence electrons. The maximum atomic E-state index is 12.9. The number of pyridine rings is 1. The molecule has 1 unspecified atom stereocenters. The molecule has 0 aliphatic heterocycles. The lowest BCUT2D eigenvalue weighted by Gasteiger charge is -2.12. The predicted molar refractivity (Wildman–Crippen MR) is 87.3 cm³/mol. The third kappa shape index (κ3) is 3.38. The number of aromatic nitrogens is 3. The van der Waals surface area contributed by atoms with Crippen molar-refractivity contribution in [1.82, 2.24) is 20.5 Å². The largest absolute Gasteiger partial charge is 0.349 e. The summed E-state index contributed by atoms with van der Waals surface area (Å²) in [5, 5.41) is 10.0. The lowest BCUT2D eigenvalue weighted by Crippen LogP contribution is -2.32. The average molecular weight is 378 g/mol. The maximum Gasteiger partial charge on any atom is 0.270 e. The van der Waals surface area contributed by atoms with Crippen molar-refractivity contribution >= 4 is 32.9 Å². The lowest BCUT2D eigenvalue weighted by molar-refractivity contribution is 0.0948. The van der Waals surface area contributed by atoms with Gasteiger partial charge in [0.25, 0.3) is 5.91 Å². The minimum atomic E-state index is -0.432. The molecule has 1 atom stereocenters. The van der Waals surface area contributed by atoms with E-state index in [-0.39, 0.29) is 18.3 Å². The first-order chi connectivity index (χ1) is 11.0. The second-order valence-corrected chi connectivity index (χ2v) is 5.91. The molecule has 2 aromatic heterocycles. The second kappa shape index (κ2) is 6.43. The number of carbonyl (C=O) groups is 1. The van der Waals surface area contributed by atoms with Crippen LogP contribution in [0.5, 0.6) is 0 Å². The summed E-state index contributed by atoms with van der Waals surface area (Å²) in [5.74, 6) is -0.656. The molecule has 0 radical (unpaired) electrons. The number of nitrogens with zero attached hydrogens (tertiary/aromatic N) is 2. The summed E-state index contributed by atoms with van der Waals surface area (Å²) in [7, 11) is 0. The zero-order valence-electron chi connectivity index (χ0n) is 11.9. The molecule has 0 spiro atoms. The second-order valence-electron chi connectivity index (χ2n) is 4.99. The Morgan fingerprint density at radius 1 is 1.39 bits per heavy atom. The van der Waals surface area contributed by atoms with Gasteiger partial charge in [0.2, 0.25) is 0 Å². The monoisotopic (exact) mass is 377 g/mol. The SMILES string of the molecule is NC(CNC(=O)c1[nH]nc2ncc(Br)cc12)c1ccc(F)cc1. The molecule has 0 fully saturated rings. The fourth-order valence-electron chi connectivity index (χ4n) is 2.17. The number of nitrogens with two attached hydrogens (primary N) is 1. The fraction of sp³-hybridized carbons (Fsp3) is 0.133. The molecule has 3 rings (SSSR count). The minimum Gasteiger partial charge on any atom is -0.349 e. The molecule has 23 heavy (non-hydrogen) atoms. The molecular weight excluding hydrogens is 365 g/mol. The number of rotatable bonds is 4. The van der Waals surface area contributed by atoms with Crippen molar-refractivity contribution in [2.45, 2.75) is 6.04 Å². The van der Waals surface area contributed by atoms with Crippen LogP contribution in [0.1, 0.15) is 22.1 Å². The van der Waals surface area contributed by atoms with Gasteiger partial charge in [-0.25, -0.2) is 9.37 Å². The Balaban J connectivity index is 1.71. The van der Waals surface area contributed by atoms with Crippen molar-refractivity contribution in [2.24, 2.45) is 5.73 Å². The van der Waals surface area contributed by atoms with Crippen LogP contribution in [0, 0.1) is 5.82 Å². The average Bonchev–Trinajstić information content (AvgIpc) is 2.96. The molecule has 8 heteroatoms. The molecular formula is C15H13BrFN5O. The topological polar surface area (TPSA) is 96.7 Å². The third-order valence-electron chi connectivity index (χ3n) is 3.38. The highest BCUT2D eigenvalue weighted by Gasteiger charge is 2.16. The molecule has 4 N–H and O–H groups in total. The fourth-order valence-corrected chi connectivity index (χ4v) is 2.50. The first kappa shape index (κ1) is 15.6. The van der Waals surface area contributed by atoms with Crippen LogP contribution in [0.3, 0.4) is 0 Å². The Bertz CT molecular complexity index is 849. The van der Waals surface area contributed by atoms with E-state index in [1.165, 1.54) is 12.1 Å². The van der Waals surface area contributed by atoms with Crippen LogP contribution < -0.4 is 11.1 Å². The van der Waals surface area contributed by atoms with Crippen LogP contribution in [0.2, 0.25) is 0 Å². The Hall–Kier alpha value is -2.32. The van der Waals surface area contributed by atoms with Gasteiger partial charge in [-0.15, -0.1) is 0 Å². The van der Waals surface area contributed by atoms with E-state index in [0.29, 0.717) is 16.7 Å². The predicted octanol–water partition coefficient (Wildman–Crippen LogP) is 2.29. The van der Waals surface area contributed by atoms with Crippen LogP contribution in [-0.2, 0) is 0 Å². The third-order valence-corrected chi connectivity index (χ3v) is 3.82. The van der Waals surface area contributed by atoms with Crippen molar-refractivity contribution in [3.8, 4) is 0 Å². The van der Waals surface area contributed by atoms with Crippen LogP contribution in [0.25, 0.3) is 11.0 Å². The van der Waals surface area contributed by atoms with Crippen LogP contribution in [0.15, 0.2) is 41.0 Å². The number of carbonyl (C=O) groups excluding carboxylic acids is 1. The summed E-state index contributed by atoms with van der Waals surface area (Å²) < 4.78 is 13.7. The van der Waals surface area contributed by atoms with E-state index in [1.807, 2.05) is 0 Å². The zero-order valence-corrected chi connectivity index (χ0v) is 13.5. The highest BCUT2D eigenvalue weighted by atomic mass is 79.9. The smallest absolute Gasteiger partial charge is 0.270 e. The van der Waals surface area contributed by atoms with E-state index in [4.69, 9.17) is 5.73 Å². The number of aromatic amines is 1. The number of benzene rings is 1. The molecule has 0 aliphatic carbocycles.